The highest BCUT2D eigenvalue weighted by molar-refractivity contribution is 7.92. The number of hydrogen-bond acceptors (Lipinski definition) is 5. The highest BCUT2D eigenvalue weighted by Crippen LogP contribution is 2.28. The molecule has 0 saturated carbocycles. The van der Waals surface area contributed by atoms with Crippen LogP contribution in [0.15, 0.2) is 54.7 Å². The second-order valence-corrected chi connectivity index (χ2v) is 9.02. The maximum atomic E-state index is 13.5. The van der Waals surface area contributed by atoms with Crippen LogP contribution < -0.4 is 4.31 Å². The average Bonchev–Trinajstić information content (AvgIpc) is 3.09. The van der Waals surface area contributed by atoms with E-state index < -0.39 is 27.9 Å². The molecule has 158 valence electrons. The molecule has 1 aromatic heterocycles. The van der Waals surface area contributed by atoms with E-state index in [1.165, 1.54) is 23.9 Å². The molecule has 3 rings (SSSR count). The zero-order valence-electron chi connectivity index (χ0n) is 16.7. The monoisotopic (exact) mass is 448 g/mol. The number of rotatable bonds is 6. The van der Waals surface area contributed by atoms with Crippen LogP contribution in [0.3, 0.4) is 0 Å². The number of carbonyl (C=O) groups excluding carboxylic acids is 2. The quantitative estimate of drug-likeness (QED) is 0.532. The Kier molecular flexibility index (Phi) is 6.19. The smallest absolute Gasteiger partial charge is 0.340 e. The Labute approximate surface area is 179 Å². The maximum Gasteiger partial charge on any atom is 0.340 e. The summed E-state index contributed by atoms with van der Waals surface area (Å²) in [7, 11) is -2.56. The minimum Gasteiger partial charge on any atom is -0.465 e. The Morgan fingerprint density at radius 1 is 1.17 bits per heavy atom. The molecule has 0 aliphatic heterocycles. The molecule has 0 fully saturated rings. The second kappa shape index (κ2) is 8.49. The van der Waals surface area contributed by atoms with Gasteiger partial charge in [-0.2, -0.15) is 0 Å². The zero-order valence-corrected chi connectivity index (χ0v) is 18.3. The van der Waals surface area contributed by atoms with Gasteiger partial charge in [0.25, 0.3) is 5.91 Å². The van der Waals surface area contributed by atoms with Gasteiger partial charge in [0, 0.05) is 16.6 Å². The van der Waals surface area contributed by atoms with Gasteiger partial charge in [-0.25, -0.2) is 13.2 Å². The molecule has 30 heavy (non-hydrogen) atoms. The molecule has 0 bridgehead atoms. The number of fused-ring (bicyclic) bond motifs is 1. The number of anilines is 1. The van der Waals surface area contributed by atoms with Gasteiger partial charge < -0.3 is 4.74 Å². The summed E-state index contributed by atoms with van der Waals surface area (Å²) in [5, 5.41) is 0.893. The third-order valence-corrected chi connectivity index (χ3v) is 6.14. The van der Waals surface area contributed by atoms with E-state index in [-0.39, 0.29) is 17.7 Å². The van der Waals surface area contributed by atoms with Gasteiger partial charge in [0.2, 0.25) is 10.0 Å². The predicted molar refractivity (Wildman–Crippen MR) is 117 cm³/mol. The molecule has 0 amide bonds. The van der Waals surface area contributed by atoms with Crippen LogP contribution in [0.5, 0.6) is 0 Å². The van der Waals surface area contributed by atoms with Crippen LogP contribution in [0.4, 0.5) is 5.69 Å². The number of para-hydroxylation sites is 1. The first-order chi connectivity index (χ1) is 14.2. The second-order valence-electron chi connectivity index (χ2n) is 6.72. The van der Waals surface area contributed by atoms with Crippen molar-refractivity contribution in [2.45, 2.75) is 19.4 Å². The summed E-state index contributed by atoms with van der Waals surface area (Å²) >= 11 is 6.05. The summed E-state index contributed by atoms with van der Waals surface area (Å²) in [4.78, 5) is 25.7. The van der Waals surface area contributed by atoms with Gasteiger partial charge in [-0.3, -0.25) is 13.7 Å². The molecule has 0 spiro atoms. The van der Waals surface area contributed by atoms with Crippen LogP contribution in [0.2, 0.25) is 5.02 Å². The topological polar surface area (TPSA) is 85.7 Å². The van der Waals surface area contributed by atoms with Gasteiger partial charge in [0.1, 0.15) is 6.04 Å². The molecule has 0 radical (unpaired) electrons. The van der Waals surface area contributed by atoms with Crippen LogP contribution in [0.1, 0.15) is 28.5 Å². The third-order valence-electron chi connectivity index (χ3n) is 4.73. The van der Waals surface area contributed by atoms with Gasteiger partial charge >= 0.3 is 5.97 Å². The number of halogens is 1. The zero-order chi connectivity index (χ0) is 22.1. The van der Waals surface area contributed by atoms with Crippen molar-refractivity contribution in [2.24, 2.45) is 0 Å². The van der Waals surface area contributed by atoms with Crippen molar-refractivity contribution in [3.05, 3.63) is 65.3 Å². The summed E-state index contributed by atoms with van der Waals surface area (Å²) < 4.78 is 32.5. The first-order valence-corrected chi connectivity index (χ1v) is 11.4. The summed E-state index contributed by atoms with van der Waals surface area (Å²) in [5.41, 5.74) is 1.00. The molecule has 3 aromatic rings. The fourth-order valence-corrected chi connectivity index (χ4v) is 4.83. The number of carbonyl (C=O) groups is 2. The third kappa shape index (κ3) is 4.06. The minimum atomic E-state index is -3.82. The lowest BCUT2D eigenvalue weighted by Crippen LogP contribution is -2.46. The van der Waals surface area contributed by atoms with Gasteiger partial charge in [0.15, 0.2) is 0 Å². The molecule has 0 aliphatic rings. The van der Waals surface area contributed by atoms with E-state index in [2.05, 4.69) is 0 Å². The van der Waals surface area contributed by atoms with Gasteiger partial charge in [-0.05, 0) is 30.7 Å². The molecule has 2 aromatic carbocycles. The van der Waals surface area contributed by atoms with E-state index in [1.807, 2.05) is 0 Å². The first kappa shape index (κ1) is 21.9. The van der Waals surface area contributed by atoms with Crippen LogP contribution >= 0.6 is 11.6 Å². The van der Waals surface area contributed by atoms with E-state index in [0.29, 0.717) is 15.9 Å². The van der Waals surface area contributed by atoms with E-state index in [1.54, 1.807) is 49.4 Å². The molecule has 0 saturated heterocycles. The standard InChI is InChI=1S/C21H21ClN2O5S/c1-4-18(24(30(3,27)28)15-9-7-8-14(22)12-15)20(25)23-13-17(21(26)29-2)16-10-5-6-11-19(16)23/h5-13,18H,4H2,1-3H3. The Morgan fingerprint density at radius 2 is 1.87 bits per heavy atom. The summed E-state index contributed by atoms with van der Waals surface area (Å²) in [6.45, 7) is 1.72. The maximum absolute atomic E-state index is 13.5. The molecule has 1 atom stereocenters. The lowest BCUT2D eigenvalue weighted by molar-refractivity contribution is 0.0603. The number of hydrogen-bond donors (Lipinski definition) is 0. The number of sulfonamides is 1. The predicted octanol–water partition coefficient (Wildman–Crippen LogP) is 3.97. The SMILES string of the molecule is CCC(C(=O)n1cc(C(=O)OC)c2ccccc21)N(c1cccc(Cl)c1)S(C)(=O)=O. The number of nitrogens with zero attached hydrogens (tertiary/aromatic N) is 2. The number of methoxy groups -OCH3 is 1. The average molecular weight is 449 g/mol. The van der Waals surface area contributed by atoms with E-state index in [4.69, 9.17) is 16.3 Å². The van der Waals surface area contributed by atoms with Crippen LogP contribution in [-0.2, 0) is 14.8 Å². The van der Waals surface area contributed by atoms with Crippen LogP contribution in [-0.4, -0.2) is 44.3 Å². The highest BCUT2D eigenvalue weighted by atomic mass is 35.5. The van der Waals surface area contributed by atoms with E-state index in [0.717, 1.165) is 10.6 Å². The first-order valence-electron chi connectivity index (χ1n) is 9.16. The molecule has 7 nitrogen and oxygen atoms in total. The number of aromatic nitrogens is 1. The van der Waals surface area contributed by atoms with E-state index >= 15 is 0 Å². The molecule has 0 N–H and O–H groups in total. The Hall–Kier alpha value is -2.84. The van der Waals surface area contributed by atoms with Gasteiger partial charge in [-0.15, -0.1) is 0 Å². The minimum absolute atomic E-state index is 0.207. The van der Waals surface area contributed by atoms with Crippen molar-refractivity contribution in [1.29, 1.82) is 0 Å². The Morgan fingerprint density at radius 3 is 2.47 bits per heavy atom. The van der Waals surface area contributed by atoms with Crippen molar-refractivity contribution < 1.29 is 22.7 Å². The number of ether oxygens (including phenoxy) is 1. The lowest BCUT2D eigenvalue weighted by atomic mass is 10.1. The molecule has 1 heterocycles. The largest absolute Gasteiger partial charge is 0.465 e. The fourth-order valence-electron chi connectivity index (χ4n) is 3.45. The van der Waals surface area contributed by atoms with Crippen molar-refractivity contribution in [3.8, 4) is 0 Å². The Balaban J connectivity index is 2.17. The molecule has 9 heteroatoms. The van der Waals surface area contributed by atoms with Crippen molar-refractivity contribution in [2.75, 3.05) is 17.7 Å². The Bertz CT molecular complexity index is 1220. The molecular weight excluding hydrogens is 428 g/mol. The van der Waals surface area contributed by atoms with Crippen molar-refractivity contribution >= 4 is 50.1 Å². The van der Waals surface area contributed by atoms with Crippen LogP contribution in [0, 0.1) is 0 Å². The van der Waals surface area contributed by atoms with Crippen LogP contribution in [0.25, 0.3) is 10.9 Å². The van der Waals surface area contributed by atoms with Gasteiger partial charge in [-0.1, -0.05) is 42.8 Å². The summed E-state index contributed by atoms with van der Waals surface area (Å²) in [6, 6.07) is 12.1. The normalized spacial score (nSPS) is 12.5. The number of esters is 1. The summed E-state index contributed by atoms with van der Waals surface area (Å²) in [6.07, 6.45) is 2.63. The van der Waals surface area contributed by atoms with Crippen molar-refractivity contribution in [3.63, 3.8) is 0 Å². The molecule has 0 aliphatic carbocycles. The highest BCUT2D eigenvalue weighted by Gasteiger charge is 2.33. The summed E-state index contributed by atoms with van der Waals surface area (Å²) in [5.74, 6) is -1.07. The van der Waals surface area contributed by atoms with E-state index in [9.17, 15) is 18.0 Å². The number of benzene rings is 2. The van der Waals surface area contributed by atoms with Crippen molar-refractivity contribution in [1.82, 2.24) is 4.57 Å². The van der Waals surface area contributed by atoms with Gasteiger partial charge in [0.05, 0.1) is 30.1 Å². The molecule has 1 unspecified atom stereocenters. The fraction of sp³-hybridized carbons (Fsp3) is 0.238. The lowest BCUT2D eigenvalue weighted by Gasteiger charge is -2.30. The molecular formula is C21H21ClN2O5S.